The highest BCUT2D eigenvalue weighted by atomic mass is 32.2. The molecule has 41 heavy (non-hydrogen) atoms. The standard InChI is InChI=1S/C31H30N2O7S/c1-18-28(31(36)40-17-19-7-5-10-23(13-19)41(32,37)38)29(20-8-6-9-22(34)14-20)30-25(33-18)15-21(16-26(30)35)24-11-3-4-12-27(24)39-2/h3-14,21,29,33-34H,15-17H2,1-2H3,(H2,32,37,38)/t21-,29-/m1/s1. The Labute approximate surface area is 238 Å². The number of phenols is 1. The molecule has 1 heterocycles. The first kappa shape index (κ1) is 28.1. The topological polar surface area (TPSA) is 145 Å². The Morgan fingerprint density at radius 3 is 2.54 bits per heavy atom. The molecule has 0 unspecified atom stereocenters. The third-order valence-electron chi connectivity index (χ3n) is 7.43. The summed E-state index contributed by atoms with van der Waals surface area (Å²) in [6.07, 6.45) is 0.745. The molecule has 2 atom stereocenters. The van der Waals surface area contributed by atoms with Gasteiger partial charge in [0.2, 0.25) is 10.0 Å². The first-order valence-corrected chi connectivity index (χ1v) is 14.6. The number of ether oxygens (including phenoxy) is 2. The predicted molar refractivity (Wildman–Crippen MR) is 151 cm³/mol. The lowest BCUT2D eigenvalue weighted by Crippen LogP contribution is -2.36. The highest BCUT2D eigenvalue weighted by Crippen LogP contribution is 2.47. The molecule has 4 N–H and O–H groups in total. The second kappa shape index (κ2) is 11.2. The maximum Gasteiger partial charge on any atom is 0.337 e. The van der Waals surface area contributed by atoms with Crippen LogP contribution in [-0.4, -0.2) is 32.4 Å². The van der Waals surface area contributed by atoms with Gasteiger partial charge in [0.15, 0.2) is 5.78 Å². The zero-order valence-corrected chi connectivity index (χ0v) is 23.4. The lowest BCUT2D eigenvalue weighted by molar-refractivity contribution is -0.140. The van der Waals surface area contributed by atoms with Gasteiger partial charge in [-0.05, 0) is 60.4 Å². The number of benzene rings is 3. The van der Waals surface area contributed by atoms with Gasteiger partial charge in [0.05, 0.1) is 17.6 Å². The van der Waals surface area contributed by atoms with Crippen LogP contribution in [0.2, 0.25) is 0 Å². The number of aromatic hydroxyl groups is 1. The number of methoxy groups -OCH3 is 1. The Kier molecular flexibility index (Phi) is 7.70. The third kappa shape index (κ3) is 5.75. The minimum Gasteiger partial charge on any atom is -0.508 e. The molecule has 5 rings (SSSR count). The second-order valence-corrected chi connectivity index (χ2v) is 11.7. The molecule has 0 aromatic heterocycles. The highest BCUT2D eigenvalue weighted by molar-refractivity contribution is 7.89. The van der Waals surface area contributed by atoms with E-state index in [0.29, 0.717) is 40.3 Å². The molecule has 0 amide bonds. The lowest BCUT2D eigenvalue weighted by atomic mass is 9.71. The van der Waals surface area contributed by atoms with Crippen molar-refractivity contribution in [1.82, 2.24) is 5.32 Å². The summed E-state index contributed by atoms with van der Waals surface area (Å²) in [7, 11) is -2.33. The van der Waals surface area contributed by atoms with Crippen LogP contribution in [0.15, 0.2) is 100 Å². The fourth-order valence-corrected chi connectivity index (χ4v) is 6.19. The van der Waals surface area contributed by atoms with Gasteiger partial charge in [-0.25, -0.2) is 18.4 Å². The van der Waals surface area contributed by atoms with E-state index >= 15 is 0 Å². The number of carbonyl (C=O) groups excluding carboxylic acids is 2. The molecule has 2 aliphatic rings. The minimum atomic E-state index is -3.93. The Bertz CT molecular complexity index is 1710. The van der Waals surface area contributed by atoms with Gasteiger partial charge in [0.1, 0.15) is 18.1 Å². The number of nitrogens with two attached hydrogens (primary N) is 1. The van der Waals surface area contributed by atoms with Gasteiger partial charge < -0.3 is 19.9 Å². The van der Waals surface area contributed by atoms with Crippen LogP contribution < -0.4 is 15.2 Å². The van der Waals surface area contributed by atoms with Gasteiger partial charge >= 0.3 is 5.97 Å². The van der Waals surface area contributed by atoms with Crippen molar-refractivity contribution in [3.05, 3.63) is 112 Å². The van der Waals surface area contributed by atoms with Gasteiger partial charge in [0.25, 0.3) is 0 Å². The van der Waals surface area contributed by atoms with Gasteiger partial charge in [-0.15, -0.1) is 0 Å². The zero-order valence-electron chi connectivity index (χ0n) is 22.6. The summed E-state index contributed by atoms with van der Waals surface area (Å²) in [5, 5.41) is 18.8. The van der Waals surface area contributed by atoms with Crippen LogP contribution in [0, 0.1) is 0 Å². The van der Waals surface area contributed by atoms with Crippen LogP contribution in [-0.2, 0) is 31.0 Å². The second-order valence-electron chi connectivity index (χ2n) is 10.1. The number of sulfonamides is 1. The van der Waals surface area contributed by atoms with Crippen molar-refractivity contribution < 1.29 is 32.6 Å². The van der Waals surface area contributed by atoms with E-state index in [2.05, 4.69) is 5.32 Å². The van der Waals surface area contributed by atoms with E-state index in [1.165, 1.54) is 30.3 Å². The number of hydrogen-bond donors (Lipinski definition) is 3. The highest BCUT2D eigenvalue weighted by Gasteiger charge is 2.42. The van der Waals surface area contributed by atoms with Crippen molar-refractivity contribution in [2.45, 2.75) is 43.1 Å². The minimum absolute atomic E-state index is 0.00326. The number of phenolic OH excluding ortho intramolecular Hbond substituents is 1. The van der Waals surface area contributed by atoms with E-state index in [1.54, 1.807) is 32.2 Å². The SMILES string of the molecule is COc1ccccc1[C@H]1CC(=O)C2=C(C1)NC(C)=C(C(=O)OCc1cccc(S(N)(=O)=O)c1)[C@H]2c1cccc(O)c1. The van der Waals surface area contributed by atoms with Crippen LogP contribution in [0.3, 0.4) is 0 Å². The molecule has 9 nitrogen and oxygen atoms in total. The molecule has 0 radical (unpaired) electrons. The average Bonchev–Trinajstić information content (AvgIpc) is 2.94. The summed E-state index contributed by atoms with van der Waals surface area (Å²) >= 11 is 0. The van der Waals surface area contributed by atoms with Crippen LogP contribution >= 0.6 is 0 Å². The van der Waals surface area contributed by atoms with Crippen molar-refractivity contribution >= 4 is 21.8 Å². The number of Topliss-reactive ketones (excluding diaryl/α,β-unsaturated/α-hetero) is 1. The summed E-state index contributed by atoms with van der Waals surface area (Å²) in [5.41, 5.74) is 3.87. The summed E-state index contributed by atoms with van der Waals surface area (Å²) in [5.74, 6) is -0.978. The van der Waals surface area contributed by atoms with E-state index in [0.717, 1.165) is 5.56 Å². The van der Waals surface area contributed by atoms with Crippen molar-refractivity contribution in [2.24, 2.45) is 5.14 Å². The van der Waals surface area contributed by atoms with Crippen LogP contribution in [0.25, 0.3) is 0 Å². The largest absolute Gasteiger partial charge is 0.508 e. The summed E-state index contributed by atoms with van der Waals surface area (Å²) < 4.78 is 34.7. The zero-order chi connectivity index (χ0) is 29.3. The molecule has 0 saturated carbocycles. The normalized spacial score (nSPS) is 19.0. The summed E-state index contributed by atoms with van der Waals surface area (Å²) in [6, 6.07) is 19.9. The number of ketones is 1. The Morgan fingerprint density at radius 1 is 1.05 bits per heavy atom. The van der Waals surface area contributed by atoms with Gasteiger partial charge in [-0.3, -0.25) is 4.79 Å². The lowest BCUT2D eigenvalue weighted by Gasteiger charge is -2.37. The molecule has 0 bridgehead atoms. The van der Waals surface area contributed by atoms with Gasteiger partial charge in [-0.2, -0.15) is 0 Å². The number of para-hydroxylation sites is 1. The molecule has 0 fully saturated rings. The van der Waals surface area contributed by atoms with E-state index in [1.807, 2.05) is 24.3 Å². The molecule has 1 aliphatic heterocycles. The van der Waals surface area contributed by atoms with E-state index < -0.39 is 21.9 Å². The van der Waals surface area contributed by atoms with Gasteiger partial charge in [0, 0.05) is 35.2 Å². The number of primary sulfonamides is 1. The Morgan fingerprint density at radius 2 is 1.80 bits per heavy atom. The Hall–Kier alpha value is -4.41. The molecular weight excluding hydrogens is 544 g/mol. The monoisotopic (exact) mass is 574 g/mol. The predicted octanol–water partition coefficient (Wildman–Crippen LogP) is 4.15. The number of allylic oxidation sites excluding steroid dienone is 3. The molecule has 3 aromatic carbocycles. The van der Waals surface area contributed by atoms with Crippen molar-refractivity contribution in [3.8, 4) is 11.5 Å². The quantitative estimate of drug-likeness (QED) is 0.357. The first-order valence-electron chi connectivity index (χ1n) is 13.0. The third-order valence-corrected chi connectivity index (χ3v) is 8.34. The summed E-state index contributed by atoms with van der Waals surface area (Å²) in [4.78, 5) is 27.3. The molecular formula is C31H30N2O7S. The van der Waals surface area contributed by atoms with Gasteiger partial charge in [-0.1, -0.05) is 42.5 Å². The fraction of sp³-hybridized carbons (Fsp3) is 0.226. The summed E-state index contributed by atoms with van der Waals surface area (Å²) in [6.45, 7) is 1.54. The molecule has 0 saturated heterocycles. The van der Waals surface area contributed by atoms with E-state index in [9.17, 15) is 23.1 Å². The first-order chi connectivity index (χ1) is 19.6. The van der Waals surface area contributed by atoms with Crippen molar-refractivity contribution in [2.75, 3.05) is 7.11 Å². The molecule has 0 spiro atoms. The van der Waals surface area contributed by atoms with Crippen LogP contribution in [0.4, 0.5) is 0 Å². The number of rotatable bonds is 7. The average molecular weight is 575 g/mol. The number of dihydropyridines is 1. The fourth-order valence-electron chi connectivity index (χ4n) is 5.61. The molecule has 212 valence electrons. The number of esters is 1. The van der Waals surface area contributed by atoms with E-state index in [4.69, 9.17) is 14.6 Å². The van der Waals surface area contributed by atoms with Crippen molar-refractivity contribution in [1.29, 1.82) is 0 Å². The maximum atomic E-state index is 13.8. The smallest absolute Gasteiger partial charge is 0.337 e. The van der Waals surface area contributed by atoms with Crippen LogP contribution in [0.5, 0.6) is 11.5 Å². The maximum absolute atomic E-state index is 13.8. The van der Waals surface area contributed by atoms with E-state index in [-0.39, 0.29) is 40.9 Å². The van der Waals surface area contributed by atoms with Crippen LogP contribution in [0.1, 0.15) is 48.3 Å². The molecule has 1 aliphatic carbocycles. The Balaban J connectivity index is 1.50. The molecule has 10 heteroatoms. The number of nitrogens with one attached hydrogen (secondary N) is 1. The van der Waals surface area contributed by atoms with Crippen molar-refractivity contribution in [3.63, 3.8) is 0 Å². The number of hydrogen-bond acceptors (Lipinski definition) is 8. The number of carbonyl (C=O) groups is 2. The molecule has 3 aromatic rings.